The SMILES string of the molecule is CC(C)OC(=O)c1c2c(c(C(=O)OC(C)C)n1C)C(=O)c1ccccc1C2=O. The molecule has 0 aliphatic heterocycles. The van der Waals surface area contributed by atoms with Gasteiger partial charge in [-0.15, -0.1) is 0 Å². The lowest BCUT2D eigenvalue weighted by molar-refractivity contribution is 0.0355. The minimum atomic E-state index is -0.780. The molecule has 1 aliphatic rings. The number of fused-ring (bicyclic) bond motifs is 2. The van der Waals surface area contributed by atoms with Gasteiger partial charge in [0.25, 0.3) is 0 Å². The number of hydrogen-bond donors (Lipinski definition) is 0. The monoisotopic (exact) mass is 383 g/mol. The van der Waals surface area contributed by atoms with Gasteiger partial charge in [-0.2, -0.15) is 0 Å². The van der Waals surface area contributed by atoms with Crippen molar-refractivity contribution in [3.05, 3.63) is 57.9 Å². The molecule has 0 saturated carbocycles. The molecule has 0 N–H and O–H groups in total. The second kappa shape index (κ2) is 7.07. The van der Waals surface area contributed by atoms with Gasteiger partial charge >= 0.3 is 11.9 Å². The molecule has 7 nitrogen and oxygen atoms in total. The van der Waals surface area contributed by atoms with Crippen LogP contribution < -0.4 is 0 Å². The van der Waals surface area contributed by atoms with Crippen molar-refractivity contribution in [3.8, 4) is 0 Å². The van der Waals surface area contributed by atoms with Crippen LogP contribution in [0.25, 0.3) is 0 Å². The Labute approximate surface area is 162 Å². The van der Waals surface area contributed by atoms with Crippen molar-refractivity contribution in [3.63, 3.8) is 0 Å². The maximum Gasteiger partial charge on any atom is 0.356 e. The average Bonchev–Trinajstić information content (AvgIpc) is 2.92. The molecule has 0 saturated heterocycles. The van der Waals surface area contributed by atoms with E-state index in [9.17, 15) is 19.2 Å². The maximum atomic E-state index is 13.1. The topological polar surface area (TPSA) is 91.7 Å². The van der Waals surface area contributed by atoms with Crippen molar-refractivity contribution >= 4 is 23.5 Å². The molecule has 28 heavy (non-hydrogen) atoms. The first-order valence-electron chi connectivity index (χ1n) is 8.98. The summed E-state index contributed by atoms with van der Waals surface area (Å²) in [7, 11) is 1.44. The molecular weight excluding hydrogens is 362 g/mol. The fourth-order valence-electron chi connectivity index (χ4n) is 3.29. The first-order valence-corrected chi connectivity index (χ1v) is 8.98. The number of ketones is 2. The highest BCUT2D eigenvalue weighted by Crippen LogP contribution is 2.34. The Bertz CT molecular complexity index is 934. The van der Waals surface area contributed by atoms with E-state index in [0.29, 0.717) is 0 Å². The Morgan fingerprint density at radius 3 is 1.46 bits per heavy atom. The van der Waals surface area contributed by atoms with Crippen molar-refractivity contribution in [1.82, 2.24) is 4.57 Å². The predicted octanol–water partition coefficient (Wildman–Crippen LogP) is 2.93. The molecule has 0 unspecified atom stereocenters. The van der Waals surface area contributed by atoms with Crippen LogP contribution in [0.2, 0.25) is 0 Å². The highest BCUT2D eigenvalue weighted by molar-refractivity contribution is 6.32. The minimum Gasteiger partial charge on any atom is -0.458 e. The van der Waals surface area contributed by atoms with Gasteiger partial charge in [0.05, 0.1) is 23.3 Å². The molecule has 1 heterocycles. The number of rotatable bonds is 4. The summed E-state index contributed by atoms with van der Waals surface area (Å²) in [5.74, 6) is -2.56. The predicted molar refractivity (Wildman–Crippen MR) is 99.8 cm³/mol. The van der Waals surface area contributed by atoms with Gasteiger partial charge in [0, 0.05) is 18.2 Å². The lowest BCUT2D eigenvalue weighted by atomic mass is 9.84. The van der Waals surface area contributed by atoms with Crippen molar-refractivity contribution in [2.45, 2.75) is 39.9 Å². The first-order chi connectivity index (χ1) is 13.1. The number of carbonyl (C=O) groups is 4. The van der Waals surface area contributed by atoms with E-state index in [4.69, 9.17) is 9.47 Å². The van der Waals surface area contributed by atoms with Crippen LogP contribution in [0.4, 0.5) is 0 Å². The molecule has 0 spiro atoms. The van der Waals surface area contributed by atoms with Crippen LogP contribution in [0.3, 0.4) is 0 Å². The van der Waals surface area contributed by atoms with Gasteiger partial charge in [-0.3, -0.25) is 9.59 Å². The molecule has 3 rings (SSSR count). The summed E-state index contributed by atoms with van der Waals surface area (Å²) in [5, 5.41) is 0. The van der Waals surface area contributed by atoms with E-state index in [1.54, 1.807) is 39.8 Å². The van der Waals surface area contributed by atoms with Crippen molar-refractivity contribution in [2.24, 2.45) is 7.05 Å². The zero-order chi connectivity index (χ0) is 20.7. The number of ether oxygens (including phenoxy) is 2. The van der Waals surface area contributed by atoms with Crippen LogP contribution in [-0.4, -0.2) is 40.3 Å². The Kier molecular flexibility index (Phi) is 4.93. The Hall–Kier alpha value is -3.22. The summed E-state index contributed by atoms with van der Waals surface area (Å²) in [5.41, 5.74) is -0.124. The zero-order valence-corrected chi connectivity index (χ0v) is 16.4. The third-order valence-electron chi connectivity index (χ3n) is 4.34. The van der Waals surface area contributed by atoms with Gasteiger partial charge in [-0.05, 0) is 27.7 Å². The second-order valence-electron chi connectivity index (χ2n) is 7.12. The van der Waals surface area contributed by atoms with E-state index in [2.05, 4.69) is 0 Å². The summed E-state index contributed by atoms with van der Waals surface area (Å²) in [4.78, 5) is 51.7. The number of benzene rings is 1. The van der Waals surface area contributed by atoms with E-state index < -0.39 is 35.7 Å². The molecule has 146 valence electrons. The summed E-state index contributed by atoms with van der Waals surface area (Å²) >= 11 is 0. The normalized spacial score (nSPS) is 12.8. The summed E-state index contributed by atoms with van der Waals surface area (Å²) in [6.45, 7) is 6.68. The Morgan fingerprint density at radius 1 is 0.786 bits per heavy atom. The second-order valence-corrected chi connectivity index (χ2v) is 7.12. The molecule has 0 fully saturated rings. The van der Waals surface area contributed by atoms with E-state index >= 15 is 0 Å². The van der Waals surface area contributed by atoms with Crippen LogP contribution in [0, 0.1) is 0 Å². The Morgan fingerprint density at radius 2 is 1.14 bits per heavy atom. The van der Waals surface area contributed by atoms with E-state index in [0.717, 1.165) is 0 Å². The highest BCUT2D eigenvalue weighted by Gasteiger charge is 2.42. The van der Waals surface area contributed by atoms with Crippen LogP contribution in [0.1, 0.15) is 80.5 Å². The molecule has 0 amide bonds. The average molecular weight is 383 g/mol. The van der Waals surface area contributed by atoms with Crippen LogP contribution in [0.15, 0.2) is 24.3 Å². The molecule has 0 radical (unpaired) electrons. The summed E-state index contributed by atoms with van der Waals surface area (Å²) in [6.07, 6.45) is -0.878. The van der Waals surface area contributed by atoms with Crippen LogP contribution >= 0.6 is 0 Å². The van der Waals surface area contributed by atoms with Gasteiger partial charge in [0.1, 0.15) is 11.4 Å². The molecule has 1 aromatic carbocycles. The van der Waals surface area contributed by atoms with Crippen LogP contribution in [-0.2, 0) is 16.5 Å². The molecule has 2 aromatic rings. The maximum absolute atomic E-state index is 13.1. The number of carbonyl (C=O) groups excluding carboxylic acids is 4. The molecule has 0 bridgehead atoms. The molecular formula is C21H21NO6. The molecule has 0 atom stereocenters. The van der Waals surface area contributed by atoms with Gasteiger partial charge in [0.15, 0.2) is 11.6 Å². The largest absolute Gasteiger partial charge is 0.458 e. The van der Waals surface area contributed by atoms with Gasteiger partial charge in [0.2, 0.25) is 0 Å². The van der Waals surface area contributed by atoms with Gasteiger partial charge in [-0.1, -0.05) is 24.3 Å². The standard InChI is InChI=1S/C21H21NO6/c1-10(2)27-20(25)16-14-15(17(22(16)5)21(26)28-11(3)4)19(24)13-9-7-6-8-12(13)18(14)23/h6-11H,1-5H3. The fraction of sp³-hybridized carbons (Fsp3) is 0.333. The quantitative estimate of drug-likeness (QED) is 0.643. The minimum absolute atomic E-state index is 0.118. The van der Waals surface area contributed by atoms with E-state index in [1.807, 2.05) is 0 Å². The lowest BCUT2D eigenvalue weighted by Crippen LogP contribution is -2.24. The third-order valence-corrected chi connectivity index (χ3v) is 4.34. The van der Waals surface area contributed by atoms with Crippen molar-refractivity contribution < 1.29 is 28.7 Å². The lowest BCUT2D eigenvalue weighted by Gasteiger charge is -2.16. The number of nitrogens with zero attached hydrogens (tertiary/aromatic N) is 1. The number of esters is 2. The number of hydrogen-bond acceptors (Lipinski definition) is 6. The smallest absolute Gasteiger partial charge is 0.356 e. The van der Waals surface area contributed by atoms with Crippen molar-refractivity contribution in [2.75, 3.05) is 0 Å². The van der Waals surface area contributed by atoms with Gasteiger partial charge < -0.3 is 14.0 Å². The van der Waals surface area contributed by atoms with Crippen molar-refractivity contribution in [1.29, 1.82) is 0 Å². The number of aromatic nitrogens is 1. The fourth-order valence-corrected chi connectivity index (χ4v) is 3.29. The summed E-state index contributed by atoms with van der Waals surface area (Å²) < 4.78 is 11.7. The molecule has 7 heteroatoms. The first kappa shape index (κ1) is 19.5. The molecule has 1 aliphatic carbocycles. The van der Waals surface area contributed by atoms with Gasteiger partial charge in [-0.25, -0.2) is 9.59 Å². The third kappa shape index (κ3) is 3.02. The highest BCUT2D eigenvalue weighted by atomic mass is 16.5. The molecule has 1 aromatic heterocycles. The van der Waals surface area contributed by atoms with Crippen LogP contribution in [0.5, 0.6) is 0 Å². The Balaban J connectivity index is 2.31. The van der Waals surface area contributed by atoms with E-state index in [-0.39, 0.29) is 33.6 Å². The summed E-state index contributed by atoms with van der Waals surface area (Å²) in [6, 6.07) is 6.32. The zero-order valence-electron chi connectivity index (χ0n) is 16.4. The van der Waals surface area contributed by atoms with E-state index in [1.165, 1.54) is 23.7 Å².